The number of hydrogen-bond donors (Lipinski definition) is 2. The van der Waals surface area contributed by atoms with Gasteiger partial charge in [-0.1, -0.05) is 30.3 Å². The fourth-order valence-corrected chi connectivity index (χ4v) is 2.35. The van der Waals surface area contributed by atoms with Gasteiger partial charge in [-0.2, -0.15) is 0 Å². The summed E-state index contributed by atoms with van der Waals surface area (Å²) in [5, 5.41) is 9.34. The van der Waals surface area contributed by atoms with E-state index in [0.717, 1.165) is 25.9 Å². The van der Waals surface area contributed by atoms with E-state index in [9.17, 15) is 5.11 Å². The van der Waals surface area contributed by atoms with E-state index in [1.807, 2.05) is 18.2 Å². The molecule has 88 valence electrons. The van der Waals surface area contributed by atoms with Crippen molar-refractivity contribution in [2.75, 3.05) is 13.2 Å². The molecule has 3 N–H and O–H groups in total. The zero-order valence-corrected chi connectivity index (χ0v) is 9.55. The van der Waals surface area contributed by atoms with Gasteiger partial charge < -0.3 is 10.8 Å². The Hall–Kier alpha value is -0.900. The second-order valence-electron chi connectivity index (χ2n) is 4.59. The Kier molecular flexibility index (Phi) is 3.93. The molecule has 0 aliphatic carbocycles. The van der Waals surface area contributed by atoms with Crippen molar-refractivity contribution in [1.82, 2.24) is 4.90 Å². The highest BCUT2D eigenvalue weighted by Crippen LogP contribution is 2.18. The molecule has 0 bridgehead atoms. The highest BCUT2D eigenvalue weighted by Gasteiger charge is 2.25. The van der Waals surface area contributed by atoms with Crippen LogP contribution >= 0.6 is 0 Å². The lowest BCUT2D eigenvalue weighted by atomic mass is 9.98. The van der Waals surface area contributed by atoms with Crippen LogP contribution in [0.4, 0.5) is 0 Å². The van der Waals surface area contributed by atoms with Gasteiger partial charge in [-0.25, -0.2) is 0 Å². The van der Waals surface area contributed by atoms with E-state index in [2.05, 4.69) is 17.0 Å². The van der Waals surface area contributed by atoms with Gasteiger partial charge in [-0.3, -0.25) is 4.90 Å². The Balaban J connectivity index is 2.01. The second kappa shape index (κ2) is 5.43. The monoisotopic (exact) mass is 220 g/mol. The zero-order valence-electron chi connectivity index (χ0n) is 9.55. The minimum atomic E-state index is 0.236. The van der Waals surface area contributed by atoms with Gasteiger partial charge in [0.25, 0.3) is 0 Å². The number of nitrogens with two attached hydrogens (primary N) is 1. The maximum absolute atomic E-state index is 9.34. The van der Waals surface area contributed by atoms with E-state index in [1.54, 1.807) is 0 Å². The highest BCUT2D eigenvalue weighted by atomic mass is 16.3. The minimum absolute atomic E-state index is 0.236. The van der Waals surface area contributed by atoms with Crippen LogP contribution < -0.4 is 5.73 Å². The Morgan fingerprint density at radius 3 is 2.69 bits per heavy atom. The average Bonchev–Trinajstić information content (AvgIpc) is 2.31. The lowest BCUT2D eigenvalue weighted by molar-refractivity contribution is 0.0752. The number of rotatable bonds is 3. The molecule has 1 aromatic rings. The molecule has 2 unspecified atom stereocenters. The van der Waals surface area contributed by atoms with Gasteiger partial charge in [0, 0.05) is 25.2 Å². The summed E-state index contributed by atoms with van der Waals surface area (Å²) in [6.45, 7) is 2.01. The first kappa shape index (κ1) is 11.6. The van der Waals surface area contributed by atoms with Gasteiger partial charge in [0.15, 0.2) is 0 Å². The predicted molar refractivity (Wildman–Crippen MR) is 64.9 cm³/mol. The van der Waals surface area contributed by atoms with Crippen molar-refractivity contribution in [1.29, 1.82) is 0 Å². The largest absolute Gasteiger partial charge is 0.395 e. The smallest absolute Gasteiger partial charge is 0.0587 e. The Morgan fingerprint density at radius 2 is 2.00 bits per heavy atom. The first-order valence-corrected chi connectivity index (χ1v) is 5.94. The standard InChI is InChI=1S/C13H20N2O/c14-12-6-7-13(10-16)15(9-12)8-11-4-2-1-3-5-11/h1-5,12-13,16H,6-10,14H2. The lowest BCUT2D eigenvalue weighted by Gasteiger charge is -2.37. The zero-order chi connectivity index (χ0) is 11.4. The molecule has 1 heterocycles. The van der Waals surface area contributed by atoms with E-state index in [1.165, 1.54) is 5.56 Å². The molecule has 0 spiro atoms. The summed E-state index contributed by atoms with van der Waals surface area (Å²) in [5.74, 6) is 0. The summed E-state index contributed by atoms with van der Waals surface area (Å²) in [6.07, 6.45) is 2.03. The molecule has 0 amide bonds. The second-order valence-corrected chi connectivity index (χ2v) is 4.59. The summed E-state index contributed by atoms with van der Waals surface area (Å²) in [7, 11) is 0. The highest BCUT2D eigenvalue weighted by molar-refractivity contribution is 5.14. The summed E-state index contributed by atoms with van der Waals surface area (Å²) in [5.41, 5.74) is 7.26. The Bertz CT molecular complexity index is 315. The van der Waals surface area contributed by atoms with Crippen LogP contribution in [-0.2, 0) is 6.54 Å². The molecule has 1 aliphatic heterocycles. The van der Waals surface area contributed by atoms with Crippen LogP contribution in [0.5, 0.6) is 0 Å². The molecule has 16 heavy (non-hydrogen) atoms. The molecule has 1 fully saturated rings. The number of aliphatic hydroxyl groups is 1. The quantitative estimate of drug-likeness (QED) is 0.798. The van der Waals surface area contributed by atoms with Gasteiger partial charge in [0.05, 0.1) is 6.61 Å². The topological polar surface area (TPSA) is 49.5 Å². The molecule has 2 rings (SSSR count). The van der Waals surface area contributed by atoms with Crippen molar-refractivity contribution in [3.05, 3.63) is 35.9 Å². The molecule has 3 nitrogen and oxygen atoms in total. The molecule has 3 heteroatoms. The molecular formula is C13H20N2O. The van der Waals surface area contributed by atoms with E-state index in [4.69, 9.17) is 5.73 Å². The van der Waals surface area contributed by atoms with Gasteiger partial charge in [0.1, 0.15) is 0 Å². The number of hydrogen-bond acceptors (Lipinski definition) is 3. The Morgan fingerprint density at radius 1 is 1.25 bits per heavy atom. The van der Waals surface area contributed by atoms with E-state index < -0.39 is 0 Å². The summed E-state index contributed by atoms with van der Waals surface area (Å²) in [6, 6.07) is 10.9. The summed E-state index contributed by atoms with van der Waals surface area (Å²) >= 11 is 0. The number of benzene rings is 1. The molecule has 0 radical (unpaired) electrons. The average molecular weight is 220 g/mol. The third-order valence-corrected chi connectivity index (χ3v) is 3.30. The van der Waals surface area contributed by atoms with E-state index in [0.29, 0.717) is 0 Å². The third kappa shape index (κ3) is 2.82. The van der Waals surface area contributed by atoms with Crippen molar-refractivity contribution in [2.24, 2.45) is 5.73 Å². The fraction of sp³-hybridized carbons (Fsp3) is 0.538. The molecule has 0 saturated carbocycles. The summed E-state index contributed by atoms with van der Waals surface area (Å²) in [4.78, 5) is 2.30. The van der Waals surface area contributed by atoms with Crippen LogP contribution in [0, 0.1) is 0 Å². The molecule has 2 atom stereocenters. The van der Waals surface area contributed by atoms with Crippen LogP contribution in [0.15, 0.2) is 30.3 Å². The maximum Gasteiger partial charge on any atom is 0.0587 e. The van der Waals surface area contributed by atoms with Crippen LogP contribution in [0.25, 0.3) is 0 Å². The number of aliphatic hydroxyl groups excluding tert-OH is 1. The number of piperidine rings is 1. The minimum Gasteiger partial charge on any atom is -0.395 e. The Labute approximate surface area is 96.9 Å². The number of nitrogens with zero attached hydrogens (tertiary/aromatic N) is 1. The van der Waals surface area contributed by atoms with Crippen LogP contribution in [0.2, 0.25) is 0 Å². The van der Waals surface area contributed by atoms with Crippen LogP contribution in [-0.4, -0.2) is 35.2 Å². The normalized spacial score (nSPS) is 26.9. The SMILES string of the molecule is NC1CCC(CO)N(Cc2ccccc2)C1. The van der Waals surface area contributed by atoms with E-state index >= 15 is 0 Å². The lowest BCUT2D eigenvalue weighted by Crippen LogP contribution is -2.49. The molecule has 0 aromatic heterocycles. The van der Waals surface area contributed by atoms with Gasteiger partial charge >= 0.3 is 0 Å². The molecule has 1 saturated heterocycles. The van der Waals surface area contributed by atoms with Gasteiger partial charge in [-0.05, 0) is 18.4 Å². The summed E-state index contributed by atoms with van der Waals surface area (Å²) < 4.78 is 0. The van der Waals surface area contributed by atoms with Gasteiger partial charge in [0.2, 0.25) is 0 Å². The third-order valence-electron chi connectivity index (χ3n) is 3.30. The van der Waals surface area contributed by atoms with Crippen molar-refractivity contribution >= 4 is 0 Å². The van der Waals surface area contributed by atoms with Crippen molar-refractivity contribution in [2.45, 2.75) is 31.5 Å². The van der Waals surface area contributed by atoms with E-state index in [-0.39, 0.29) is 18.7 Å². The van der Waals surface area contributed by atoms with Crippen molar-refractivity contribution in [3.8, 4) is 0 Å². The van der Waals surface area contributed by atoms with Gasteiger partial charge in [-0.15, -0.1) is 0 Å². The fourth-order valence-electron chi connectivity index (χ4n) is 2.35. The molecule has 1 aromatic carbocycles. The predicted octanol–water partition coefficient (Wildman–Crippen LogP) is 0.971. The van der Waals surface area contributed by atoms with Crippen LogP contribution in [0.1, 0.15) is 18.4 Å². The number of likely N-dealkylation sites (tertiary alicyclic amines) is 1. The first-order chi connectivity index (χ1) is 7.79. The molecular weight excluding hydrogens is 200 g/mol. The van der Waals surface area contributed by atoms with Crippen LogP contribution in [0.3, 0.4) is 0 Å². The molecule has 1 aliphatic rings. The van der Waals surface area contributed by atoms with Crippen molar-refractivity contribution < 1.29 is 5.11 Å². The first-order valence-electron chi connectivity index (χ1n) is 5.94. The maximum atomic E-state index is 9.34. The van der Waals surface area contributed by atoms with Crippen molar-refractivity contribution in [3.63, 3.8) is 0 Å².